The SMILES string of the molecule is COc1cc(C2/C(=C(/O)c3ccc(Cl)cc3)C(=O)C(=O)N2c2nnc(SCc3ccccc3)s2)cc(Br)c1O. The van der Waals surface area contributed by atoms with Crippen LogP contribution in [0.4, 0.5) is 5.13 Å². The molecule has 39 heavy (non-hydrogen) atoms. The van der Waals surface area contributed by atoms with E-state index in [2.05, 4.69) is 26.1 Å². The zero-order chi connectivity index (χ0) is 27.7. The lowest BCUT2D eigenvalue weighted by molar-refractivity contribution is -0.132. The zero-order valence-electron chi connectivity index (χ0n) is 20.2. The fourth-order valence-corrected chi connectivity index (χ4v) is 6.50. The average molecular weight is 645 g/mol. The number of phenolic OH excluding ortho intramolecular Hbond substituents is 1. The number of aliphatic hydroxyl groups excluding tert-OH is 1. The van der Waals surface area contributed by atoms with Gasteiger partial charge in [0.25, 0.3) is 5.78 Å². The van der Waals surface area contributed by atoms with E-state index in [4.69, 9.17) is 16.3 Å². The molecule has 1 unspecified atom stereocenters. The van der Waals surface area contributed by atoms with E-state index in [1.807, 2.05) is 30.3 Å². The molecule has 1 atom stereocenters. The Labute approximate surface area is 245 Å². The summed E-state index contributed by atoms with van der Waals surface area (Å²) in [7, 11) is 1.39. The Hall–Kier alpha value is -3.38. The first-order valence-electron chi connectivity index (χ1n) is 11.4. The summed E-state index contributed by atoms with van der Waals surface area (Å²) in [6.45, 7) is 0. The molecular weight excluding hydrogens is 626 g/mol. The fraction of sp³-hybridized carbons (Fsp3) is 0.111. The van der Waals surface area contributed by atoms with Crippen LogP contribution in [0.25, 0.3) is 5.76 Å². The molecule has 0 aliphatic carbocycles. The number of carbonyl (C=O) groups is 2. The highest BCUT2D eigenvalue weighted by Crippen LogP contribution is 2.47. The van der Waals surface area contributed by atoms with Gasteiger partial charge in [-0.15, -0.1) is 10.2 Å². The van der Waals surface area contributed by atoms with E-state index in [1.165, 1.54) is 29.8 Å². The zero-order valence-corrected chi connectivity index (χ0v) is 24.1. The Morgan fingerprint density at radius 1 is 1.13 bits per heavy atom. The van der Waals surface area contributed by atoms with Crippen LogP contribution in [-0.2, 0) is 15.3 Å². The predicted octanol–water partition coefficient (Wildman–Crippen LogP) is 6.59. The minimum Gasteiger partial charge on any atom is -0.507 e. The largest absolute Gasteiger partial charge is 0.507 e. The van der Waals surface area contributed by atoms with Gasteiger partial charge in [0.1, 0.15) is 5.76 Å². The molecule has 1 aliphatic rings. The molecule has 5 rings (SSSR count). The average Bonchev–Trinajstić information content (AvgIpc) is 3.51. The summed E-state index contributed by atoms with van der Waals surface area (Å²) < 4.78 is 6.19. The van der Waals surface area contributed by atoms with Crippen molar-refractivity contribution in [1.29, 1.82) is 0 Å². The van der Waals surface area contributed by atoms with E-state index >= 15 is 0 Å². The molecule has 8 nitrogen and oxygen atoms in total. The minimum absolute atomic E-state index is 0.118. The number of hydrogen-bond acceptors (Lipinski definition) is 9. The van der Waals surface area contributed by atoms with Gasteiger partial charge in [-0.25, -0.2) is 0 Å². The highest BCUT2D eigenvalue weighted by molar-refractivity contribution is 9.10. The Balaban J connectivity index is 1.61. The van der Waals surface area contributed by atoms with E-state index in [-0.39, 0.29) is 32.4 Å². The highest BCUT2D eigenvalue weighted by Gasteiger charge is 2.48. The first-order valence-corrected chi connectivity index (χ1v) is 14.4. The van der Waals surface area contributed by atoms with Crippen molar-refractivity contribution < 1.29 is 24.5 Å². The van der Waals surface area contributed by atoms with Crippen LogP contribution >= 0.6 is 50.6 Å². The minimum atomic E-state index is -1.08. The Morgan fingerprint density at radius 3 is 2.54 bits per heavy atom. The summed E-state index contributed by atoms with van der Waals surface area (Å²) in [5.41, 5.74) is 1.67. The van der Waals surface area contributed by atoms with Gasteiger partial charge in [-0.1, -0.05) is 65.0 Å². The number of amides is 1. The highest BCUT2D eigenvalue weighted by atomic mass is 79.9. The molecule has 198 valence electrons. The van der Waals surface area contributed by atoms with E-state index in [0.29, 0.717) is 26.2 Å². The lowest BCUT2D eigenvalue weighted by atomic mass is 9.95. The molecule has 0 radical (unpaired) electrons. The van der Waals surface area contributed by atoms with E-state index in [0.717, 1.165) is 16.9 Å². The number of aromatic nitrogens is 2. The van der Waals surface area contributed by atoms with Crippen LogP contribution in [0.5, 0.6) is 11.5 Å². The van der Waals surface area contributed by atoms with Gasteiger partial charge in [-0.05, 0) is 63.5 Å². The molecule has 2 heterocycles. The topological polar surface area (TPSA) is 113 Å². The number of halogens is 2. The first kappa shape index (κ1) is 27.2. The van der Waals surface area contributed by atoms with Crippen molar-refractivity contribution in [2.75, 3.05) is 12.0 Å². The summed E-state index contributed by atoms with van der Waals surface area (Å²) in [5.74, 6) is -1.50. The molecule has 1 aliphatic heterocycles. The molecule has 1 saturated heterocycles. The maximum Gasteiger partial charge on any atom is 0.301 e. The molecule has 2 N–H and O–H groups in total. The quantitative estimate of drug-likeness (QED) is 0.0762. The summed E-state index contributed by atoms with van der Waals surface area (Å²) in [6.07, 6.45) is 0. The van der Waals surface area contributed by atoms with E-state index < -0.39 is 17.7 Å². The van der Waals surface area contributed by atoms with Gasteiger partial charge in [0.05, 0.1) is 23.2 Å². The van der Waals surface area contributed by atoms with Crippen LogP contribution in [0, 0.1) is 0 Å². The molecule has 4 aromatic rings. The summed E-state index contributed by atoms with van der Waals surface area (Å²) in [6, 6.07) is 18.1. The number of hydrogen-bond donors (Lipinski definition) is 2. The third-order valence-electron chi connectivity index (χ3n) is 5.96. The van der Waals surface area contributed by atoms with Crippen LogP contribution in [0.15, 0.2) is 81.1 Å². The second kappa shape index (κ2) is 11.4. The first-order chi connectivity index (χ1) is 18.8. The molecule has 1 amide bonds. The van der Waals surface area contributed by atoms with Gasteiger partial charge in [-0.3, -0.25) is 14.5 Å². The maximum atomic E-state index is 13.4. The van der Waals surface area contributed by atoms with Gasteiger partial charge < -0.3 is 14.9 Å². The number of carbonyl (C=O) groups excluding carboxylic acids is 2. The molecule has 1 fully saturated rings. The second-order valence-electron chi connectivity index (χ2n) is 8.35. The number of anilines is 1. The standard InChI is InChI=1S/C27H19BrClN3O5S2/c1-37-19-12-16(11-18(28)23(19)34)21-20(22(33)15-7-9-17(29)10-8-15)24(35)25(36)32(21)26-30-31-27(39-26)38-13-14-5-3-2-4-6-14/h2-12,21,33-34H,13H2,1H3/b22-20-. The molecule has 1 aromatic heterocycles. The number of benzene rings is 3. The predicted molar refractivity (Wildman–Crippen MR) is 155 cm³/mol. The number of nitrogens with zero attached hydrogens (tertiary/aromatic N) is 3. The number of Topliss-reactive ketones (excluding diaryl/α,β-unsaturated/α-hetero) is 1. The molecule has 3 aromatic carbocycles. The third kappa shape index (κ3) is 5.40. The number of aromatic hydroxyl groups is 1. The summed E-state index contributed by atoms with van der Waals surface area (Å²) >= 11 is 11.9. The lowest BCUT2D eigenvalue weighted by Gasteiger charge is -2.23. The molecular formula is C27H19BrClN3O5S2. The second-order valence-corrected chi connectivity index (χ2v) is 11.8. The van der Waals surface area contributed by atoms with Crippen LogP contribution in [0.2, 0.25) is 5.02 Å². The monoisotopic (exact) mass is 643 g/mol. The number of ether oxygens (including phenoxy) is 1. The maximum absolute atomic E-state index is 13.4. The van der Waals surface area contributed by atoms with Crippen molar-refractivity contribution in [2.45, 2.75) is 16.1 Å². The van der Waals surface area contributed by atoms with Gasteiger partial charge in [0.15, 0.2) is 15.8 Å². The van der Waals surface area contributed by atoms with Gasteiger partial charge in [0.2, 0.25) is 5.13 Å². The van der Waals surface area contributed by atoms with Crippen molar-refractivity contribution in [3.8, 4) is 11.5 Å². The van der Waals surface area contributed by atoms with Crippen LogP contribution in [-0.4, -0.2) is 39.2 Å². The van der Waals surface area contributed by atoms with Crippen LogP contribution < -0.4 is 9.64 Å². The summed E-state index contributed by atoms with van der Waals surface area (Å²) in [5, 5.41) is 30.7. The van der Waals surface area contributed by atoms with E-state index in [1.54, 1.807) is 30.3 Å². The Morgan fingerprint density at radius 2 is 1.85 bits per heavy atom. The number of ketones is 1. The van der Waals surface area contributed by atoms with Crippen LogP contribution in [0.3, 0.4) is 0 Å². The number of phenols is 1. The van der Waals surface area contributed by atoms with Crippen molar-refractivity contribution >= 4 is 73.2 Å². The third-order valence-corrected chi connectivity index (χ3v) is 8.94. The molecule has 0 bridgehead atoms. The van der Waals surface area contributed by atoms with Crippen LogP contribution in [0.1, 0.15) is 22.7 Å². The number of thioether (sulfide) groups is 1. The lowest BCUT2D eigenvalue weighted by Crippen LogP contribution is -2.29. The smallest absolute Gasteiger partial charge is 0.301 e. The van der Waals surface area contributed by atoms with Crippen molar-refractivity contribution in [2.24, 2.45) is 0 Å². The van der Waals surface area contributed by atoms with Gasteiger partial charge in [-0.2, -0.15) is 0 Å². The van der Waals surface area contributed by atoms with Crippen molar-refractivity contribution in [1.82, 2.24) is 10.2 Å². The van der Waals surface area contributed by atoms with Gasteiger partial charge >= 0.3 is 5.91 Å². The Bertz CT molecular complexity index is 1590. The number of aliphatic hydroxyl groups is 1. The Kier molecular flexibility index (Phi) is 7.94. The van der Waals surface area contributed by atoms with E-state index in [9.17, 15) is 19.8 Å². The van der Waals surface area contributed by atoms with Crippen molar-refractivity contribution in [3.05, 3.63) is 98.5 Å². The number of methoxy groups -OCH3 is 1. The molecule has 0 saturated carbocycles. The summed E-state index contributed by atoms with van der Waals surface area (Å²) in [4.78, 5) is 28.1. The fourth-order valence-electron chi connectivity index (χ4n) is 4.09. The van der Waals surface area contributed by atoms with Gasteiger partial charge in [0, 0.05) is 16.3 Å². The van der Waals surface area contributed by atoms with Crippen molar-refractivity contribution in [3.63, 3.8) is 0 Å². The molecule has 12 heteroatoms. The normalized spacial score (nSPS) is 16.6. The number of rotatable bonds is 7. The molecule has 0 spiro atoms.